The Labute approximate surface area is 99.0 Å². The largest absolute Gasteiger partial charge is 0.404 e. The van der Waals surface area contributed by atoms with Gasteiger partial charge >= 0.3 is 5.91 Å². The molecule has 1 fully saturated rings. The van der Waals surface area contributed by atoms with Crippen molar-refractivity contribution in [3.63, 3.8) is 0 Å². The van der Waals surface area contributed by atoms with Gasteiger partial charge in [-0.25, -0.2) is 4.79 Å². The van der Waals surface area contributed by atoms with Crippen LogP contribution in [-0.2, 0) is 9.53 Å². The van der Waals surface area contributed by atoms with Gasteiger partial charge in [0.2, 0.25) is 0 Å². The van der Waals surface area contributed by atoms with Crippen molar-refractivity contribution in [1.82, 2.24) is 5.32 Å². The summed E-state index contributed by atoms with van der Waals surface area (Å²) in [5.41, 5.74) is 0. The number of amides is 1. The van der Waals surface area contributed by atoms with Gasteiger partial charge in [-0.15, -0.1) is 0 Å². The number of carbonyl (C=O) groups excluding carboxylic acids is 1. The van der Waals surface area contributed by atoms with Crippen LogP contribution in [0.3, 0.4) is 0 Å². The summed E-state index contributed by atoms with van der Waals surface area (Å²) < 4.78 is 4.88. The molecule has 7 nitrogen and oxygen atoms in total. The van der Waals surface area contributed by atoms with Crippen molar-refractivity contribution >= 4 is 5.91 Å². The van der Waals surface area contributed by atoms with Gasteiger partial charge in [-0.1, -0.05) is 0 Å². The molecule has 0 aromatic rings. The quantitative estimate of drug-likeness (QED) is 0.353. The fraction of sp³-hybridized carbons (Fsp3) is 0.800. The van der Waals surface area contributed by atoms with Gasteiger partial charge in [-0.05, 0) is 0 Å². The molecule has 0 aromatic carbocycles. The van der Waals surface area contributed by atoms with Crippen molar-refractivity contribution in [3.05, 3.63) is 5.92 Å². The normalized spacial score (nSPS) is 37.6. The molecule has 7 heteroatoms. The fourth-order valence-corrected chi connectivity index (χ4v) is 1.55. The Hall–Kier alpha value is -0.860. The predicted octanol–water partition coefficient (Wildman–Crippen LogP) is -2.48. The molecule has 0 radical (unpaired) electrons. The molecule has 1 aliphatic heterocycles. The van der Waals surface area contributed by atoms with Gasteiger partial charge in [0.25, 0.3) is 0 Å². The van der Waals surface area contributed by atoms with Gasteiger partial charge in [0, 0.05) is 0 Å². The Balaban J connectivity index is 2.69. The maximum atomic E-state index is 11.4. The first-order chi connectivity index (χ1) is 7.88. The van der Waals surface area contributed by atoms with E-state index in [9.17, 15) is 20.1 Å². The van der Waals surface area contributed by atoms with E-state index < -0.39 is 43.2 Å². The second-order valence-corrected chi connectivity index (χ2v) is 4.23. The third-order valence-electron chi connectivity index (χ3n) is 2.65. The molecule has 1 saturated heterocycles. The molecular weight excluding hydrogens is 230 g/mol. The van der Waals surface area contributed by atoms with E-state index in [-0.39, 0.29) is 0 Å². The Bertz CT molecular complexity index is 272. The summed E-state index contributed by atoms with van der Waals surface area (Å²) in [4.78, 5) is 11.4. The minimum Gasteiger partial charge on any atom is -0.394 e. The summed E-state index contributed by atoms with van der Waals surface area (Å²) >= 11 is 0. The molecule has 0 saturated carbocycles. The van der Waals surface area contributed by atoms with Crippen molar-refractivity contribution in [2.75, 3.05) is 6.61 Å². The van der Waals surface area contributed by atoms with Crippen LogP contribution < -0.4 is 5.32 Å². The van der Waals surface area contributed by atoms with E-state index in [0.29, 0.717) is 5.92 Å². The molecule has 98 valence electrons. The van der Waals surface area contributed by atoms with E-state index in [4.69, 9.17) is 9.84 Å². The van der Waals surface area contributed by atoms with Gasteiger partial charge in [0.1, 0.15) is 24.4 Å². The van der Waals surface area contributed by atoms with Gasteiger partial charge in [0.15, 0.2) is 12.2 Å². The smallest absolute Gasteiger partial charge is 0.394 e. The van der Waals surface area contributed by atoms with Crippen LogP contribution in [0.2, 0.25) is 0 Å². The lowest BCUT2D eigenvalue weighted by molar-refractivity contribution is -0.253. The number of aliphatic hydroxyl groups is 4. The molecule has 5 unspecified atom stereocenters. The van der Waals surface area contributed by atoms with Crippen LogP contribution in [0, 0.1) is 5.92 Å². The molecule has 17 heavy (non-hydrogen) atoms. The van der Waals surface area contributed by atoms with Crippen LogP contribution in [-0.4, -0.2) is 63.6 Å². The van der Waals surface area contributed by atoms with Crippen LogP contribution >= 0.6 is 0 Å². The van der Waals surface area contributed by atoms with E-state index in [1.54, 1.807) is 13.8 Å². The van der Waals surface area contributed by atoms with E-state index in [2.05, 4.69) is 5.32 Å². The molecular formula is C10H18NO6+. The third-order valence-corrected chi connectivity index (χ3v) is 2.65. The number of hydrogen-bond acceptors (Lipinski definition) is 6. The predicted molar refractivity (Wildman–Crippen MR) is 56.5 cm³/mol. The second-order valence-electron chi connectivity index (χ2n) is 4.23. The lowest BCUT2D eigenvalue weighted by Crippen LogP contribution is -2.64. The van der Waals surface area contributed by atoms with E-state index in [1.807, 2.05) is 0 Å². The van der Waals surface area contributed by atoms with E-state index in [1.165, 1.54) is 0 Å². The first kappa shape index (κ1) is 14.2. The van der Waals surface area contributed by atoms with Crippen LogP contribution in [0.1, 0.15) is 13.8 Å². The first-order valence-corrected chi connectivity index (χ1v) is 5.30. The highest BCUT2D eigenvalue weighted by Crippen LogP contribution is 2.20. The Morgan fingerprint density at radius 3 is 2.35 bits per heavy atom. The van der Waals surface area contributed by atoms with Crippen LogP contribution in [0.25, 0.3) is 0 Å². The zero-order valence-corrected chi connectivity index (χ0v) is 9.70. The van der Waals surface area contributed by atoms with Crippen molar-refractivity contribution in [1.29, 1.82) is 0 Å². The van der Waals surface area contributed by atoms with Crippen molar-refractivity contribution in [2.45, 2.75) is 44.5 Å². The molecule has 5 atom stereocenters. The fourth-order valence-electron chi connectivity index (χ4n) is 1.55. The topological polar surface area (TPSA) is 119 Å². The Morgan fingerprint density at radius 2 is 1.88 bits per heavy atom. The first-order valence-electron chi connectivity index (χ1n) is 5.30. The number of rotatable bonds is 3. The SMILES string of the molecule is C[C+](C)C(=O)NC1C(O)OC(CO)C(O)C1O. The minimum absolute atomic E-state index is 0.447. The molecule has 0 bridgehead atoms. The van der Waals surface area contributed by atoms with Crippen molar-refractivity contribution < 1.29 is 30.0 Å². The third kappa shape index (κ3) is 3.08. The highest BCUT2D eigenvalue weighted by atomic mass is 16.6. The van der Waals surface area contributed by atoms with Crippen LogP contribution in [0.4, 0.5) is 0 Å². The minimum atomic E-state index is -1.48. The zero-order chi connectivity index (χ0) is 13.2. The van der Waals surface area contributed by atoms with E-state index in [0.717, 1.165) is 0 Å². The molecule has 0 aliphatic carbocycles. The number of carbonyl (C=O) groups is 1. The molecule has 5 N–H and O–H groups in total. The number of nitrogens with one attached hydrogen (secondary N) is 1. The Kier molecular flexibility index (Phi) is 4.72. The standard InChI is InChI=1S/C10H17NO6/c1-4(2)9(15)11-6-8(14)7(13)5(3-12)17-10(6)16/h5-8,10,12-14,16H,3H2,1-2H3/p+1. The van der Waals surface area contributed by atoms with Gasteiger partial charge in [0.05, 0.1) is 20.5 Å². The number of aliphatic hydroxyl groups excluding tert-OH is 4. The Morgan fingerprint density at radius 1 is 1.29 bits per heavy atom. The van der Waals surface area contributed by atoms with Crippen molar-refractivity contribution in [3.8, 4) is 0 Å². The molecule has 1 amide bonds. The van der Waals surface area contributed by atoms with E-state index >= 15 is 0 Å². The molecule has 1 heterocycles. The summed E-state index contributed by atoms with van der Waals surface area (Å²) in [6, 6.07) is -1.13. The summed E-state index contributed by atoms with van der Waals surface area (Å²) in [6.45, 7) is 2.62. The maximum absolute atomic E-state index is 11.4. The van der Waals surface area contributed by atoms with Gasteiger partial charge < -0.3 is 30.5 Å². The monoisotopic (exact) mass is 248 g/mol. The van der Waals surface area contributed by atoms with Crippen molar-refractivity contribution in [2.24, 2.45) is 0 Å². The average Bonchev–Trinajstić information content (AvgIpc) is 2.28. The highest BCUT2D eigenvalue weighted by Gasteiger charge is 2.45. The van der Waals surface area contributed by atoms with Crippen LogP contribution in [0.15, 0.2) is 0 Å². The molecule has 1 aliphatic rings. The maximum Gasteiger partial charge on any atom is 0.404 e. The number of hydrogen-bond donors (Lipinski definition) is 5. The second kappa shape index (κ2) is 5.65. The molecule has 0 spiro atoms. The molecule has 1 rings (SSSR count). The van der Waals surface area contributed by atoms with Crippen LogP contribution in [0.5, 0.6) is 0 Å². The van der Waals surface area contributed by atoms with Gasteiger partial charge in [-0.2, -0.15) is 0 Å². The lowest BCUT2D eigenvalue weighted by atomic mass is 9.96. The average molecular weight is 248 g/mol. The molecule has 0 aromatic heterocycles. The summed E-state index contributed by atoms with van der Waals surface area (Å²) in [6.07, 6.45) is -5.32. The summed E-state index contributed by atoms with van der Waals surface area (Å²) in [5.74, 6) is -0.00507. The van der Waals surface area contributed by atoms with Gasteiger partial charge in [-0.3, -0.25) is 0 Å². The summed E-state index contributed by atoms with van der Waals surface area (Å²) in [7, 11) is 0. The summed E-state index contributed by atoms with van der Waals surface area (Å²) in [5, 5.41) is 40.1. The lowest BCUT2D eigenvalue weighted by Gasteiger charge is -2.39. The number of ether oxygens (including phenoxy) is 1. The highest BCUT2D eigenvalue weighted by molar-refractivity contribution is 5.89. The zero-order valence-electron chi connectivity index (χ0n) is 9.70.